The van der Waals surface area contributed by atoms with E-state index in [4.69, 9.17) is 27.9 Å². The topological polar surface area (TPSA) is 22.1 Å². The SMILES string of the molecule is Clc1cccc(Cl)c1COc1c(Br)cc(Br)c2cccnc12. The molecule has 0 unspecified atom stereocenters. The Bertz CT molecular complexity index is 835. The van der Waals surface area contributed by atoms with Crippen molar-refractivity contribution in [3.8, 4) is 5.75 Å². The third kappa shape index (κ3) is 3.11. The maximum atomic E-state index is 6.18. The fourth-order valence-corrected chi connectivity index (χ4v) is 3.99. The third-order valence-electron chi connectivity index (χ3n) is 3.17. The second kappa shape index (κ2) is 6.75. The summed E-state index contributed by atoms with van der Waals surface area (Å²) in [6.45, 7) is 0.268. The van der Waals surface area contributed by atoms with E-state index in [1.165, 1.54) is 0 Å². The number of benzene rings is 2. The van der Waals surface area contributed by atoms with Crippen molar-refractivity contribution in [3.63, 3.8) is 0 Å². The van der Waals surface area contributed by atoms with Crippen LogP contribution >= 0.6 is 55.1 Å². The standard InChI is InChI=1S/C16H9Br2Cl2NO/c17-11-7-12(18)16(15-9(11)3-2-6-21-15)22-8-10-13(19)4-1-5-14(10)20/h1-7H,8H2. The Hall–Kier alpha value is -0.810. The van der Waals surface area contributed by atoms with Crippen molar-refractivity contribution in [2.24, 2.45) is 0 Å². The summed E-state index contributed by atoms with van der Waals surface area (Å²) in [5.74, 6) is 0.662. The molecule has 0 saturated carbocycles. The molecule has 112 valence electrons. The summed E-state index contributed by atoms with van der Waals surface area (Å²) in [4.78, 5) is 4.41. The van der Waals surface area contributed by atoms with Crippen molar-refractivity contribution in [2.75, 3.05) is 0 Å². The number of rotatable bonds is 3. The monoisotopic (exact) mass is 459 g/mol. The maximum Gasteiger partial charge on any atom is 0.160 e. The van der Waals surface area contributed by atoms with Crippen LogP contribution in [0.5, 0.6) is 5.75 Å². The summed E-state index contributed by atoms with van der Waals surface area (Å²) >= 11 is 19.4. The molecule has 0 saturated heterocycles. The van der Waals surface area contributed by atoms with E-state index >= 15 is 0 Å². The molecule has 6 heteroatoms. The van der Waals surface area contributed by atoms with Gasteiger partial charge in [-0.15, -0.1) is 0 Å². The number of hydrogen-bond donors (Lipinski definition) is 0. The van der Waals surface area contributed by atoms with Crippen molar-refractivity contribution in [2.45, 2.75) is 6.61 Å². The number of hydrogen-bond acceptors (Lipinski definition) is 2. The van der Waals surface area contributed by atoms with Gasteiger partial charge in [-0.1, -0.05) is 51.3 Å². The Balaban J connectivity index is 2.01. The molecule has 0 amide bonds. The van der Waals surface area contributed by atoms with Crippen LogP contribution < -0.4 is 4.74 Å². The molecule has 0 radical (unpaired) electrons. The summed E-state index contributed by atoms with van der Waals surface area (Å²) in [5.41, 5.74) is 1.52. The van der Waals surface area contributed by atoms with E-state index in [2.05, 4.69) is 36.8 Å². The van der Waals surface area contributed by atoms with Gasteiger partial charge in [0.1, 0.15) is 12.1 Å². The molecule has 0 fully saturated rings. The van der Waals surface area contributed by atoms with Gasteiger partial charge in [-0.2, -0.15) is 0 Å². The maximum absolute atomic E-state index is 6.18. The Morgan fingerprint density at radius 1 is 1.00 bits per heavy atom. The number of fused-ring (bicyclic) bond motifs is 1. The van der Waals surface area contributed by atoms with Gasteiger partial charge in [0.2, 0.25) is 0 Å². The first-order valence-corrected chi connectivity index (χ1v) is 8.70. The Labute approximate surface area is 154 Å². The normalized spacial score (nSPS) is 10.9. The Kier molecular flexibility index (Phi) is 4.93. The number of ether oxygens (including phenoxy) is 1. The number of pyridine rings is 1. The van der Waals surface area contributed by atoms with Gasteiger partial charge in [0.25, 0.3) is 0 Å². The summed E-state index contributed by atoms with van der Waals surface area (Å²) in [5, 5.41) is 2.14. The highest BCUT2D eigenvalue weighted by molar-refractivity contribution is 9.11. The van der Waals surface area contributed by atoms with Crippen LogP contribution in [0.25, 0.3) is 10.9 Å². The molecule has 2 aromatic carbocycles. The van der Waals surface area contributed by atoms with Crippen LogP contribution in [0.2, 0.25) is 10.0 Å². The molecule has 3 rings (SSSR count). The van der Waals surface area contributed by atoms with Gasteiger partial charge in [-0.3, -0.25) is 4.98 Å². The molecule has 0 aliphatic heterocycles. The van der Waals surface area contributed by atoms with Crippen LogP contribution in [0.4, 0.5) is 0 Å². The van der Waals surface area contributed by atoms with Crippen LogP contribution in [-0.2, 0) is 6.61 Å². The van der Waals surface area contributed by atoms with Crippen LogP contribution in [0.1, 0.15) is 5.56 Å². The number of nitrogens with zero attached hydrogens (tertiary/aromatic N) is 1. The molecule has 1 heterocycles. The van der Waals surface area contributed by atoms with E-state index in [-0.39, 0.29) is 6.61 Å². The van der Waals surface area contributed by atoms with E-state index in [9.17, 15) is 0 Å². The molecular formula is C16H9Br2Cl2NO. The summed E-state index contributed by atoms with van der Waals surface area (Å²) in [6.07, 6.45) is 1.73. The summed E-state index contributed by atoms with van der Waals surface area (Å²) < 4.78 is 7.72. The molecule has 0 N–H and O–H groups in total. The minimum Gasteiger partial charge on any atom is -0.485 e. The van der Waals surface area contributed by atoms with Crippen LogP contribution in [0, 0.1) is 0 Å². The highest BCUT2D eigenvalue weighted by Gasteiger charge is 2.13. The first-order valence-electron chi connectivity index (χ1n) is 6.36. The first-order chi connectivity index (χ1) is 10.6. The number of halogens is 4. The fourth-order valence-electron chi connectivity index (χ4n) is 2.10. The highest BCUT2D eigenvalue weighted by atomic mass is 79.9. The molecule has 0 spiro atoms. The zero-order valence-electron chi connectivity index (χ0n) is 11.1. The predicted molar refractivity (Wildman–Crippen MR) is 97.9 cm³/mol. The number of aromatic nitrogens is 1. The van der Waals surface area contributed by atoms with E-state index in [1.54, 1.807) is 24.4 Å². The molecular weight excluding hydrogens is 453 g/mol. The highest BCUT2D eigenvalue weighted by Crippen LogP contribution is 2.38. The predicted octanol–water partition coefficient (Wildman–Crippen LogP) is 6.65. The Morgan fingerprint density at radius 3 is 2.45 bits per heavy atom. The van der Waals surface area contributed by atoms with Crippen molar-refractivity contribution >= 4 is 66.0 Å². The molecule has 0 aliphatic carbocycles. The minimum atomic E-state index is 0.268. The van der Waals surface area contributed by atoms with Crippen LogP contribution in [0.15, 0.2) is 51.5 Å². The second-order valence-electron chi connectivity index (χ2n) is 4.56. The van der Waals surface area contributed by atoms with Gasteiger partial charge in [-0.25, -0.2) is 0 Å². The largest absolute Gasteiger partial charge is 0.485 e. The lowest BCUT2D eigenvalue weighted by Crippen LogP contribution is -1.99. The lowest BCUT2D eigenvalue weighted by molar-refractivity contribution is 0.307. The van der Waals surface area contributed by atoms with Crippen molar-refractivity contribution in [3.05, 3.63) is 67.1 Å². The van der Waals surface area contributed by atoms with E-state index in [0.29, 0.717) is 15.8 Å². The zero-order chi connectivity index (χ0) is 15.7. The lowest BCUT2D eigenvalue weighted by Gasteiger charge is -2.13. The lowest BCUT2D eigenvalue weighted by atomic mass is 10.2. The smallest absolute Gasteiger partial charge is 0.160 e. The van der Waals surface area contributed by atoms with Crippen molar-refractivity contribution in [1.29, 1.82) is 0 Å². The van der Waals surface area contributed by atoms with Crippen LogP contribution in [0.3, 0.4) is 0 Å². The molecule has 0 aliphatic rings. The van der Waals surface area contributed by atoms with Gasteiger partial charge in [-0.05, 0) is 40.2 Å². The minimum absolute atomic E-state index is 0.268. The van der Waals surface area contributed by atoms with Crippen LogP contribution in [-0.4, -0.2) is 4.98 Å². The molecule has 2 nitrogen and oxygen atoms in total. The van der Waals surface area contributed by atoms with Gasteiger partial charge in [0.05, 0.1) is 4.47 Å². The fraction of sp³-hybridized carbons (Fsp3) is 0.0625. The zero-order valence-corrected chi connectivity index (χ0v) is 15.8. The van der Waals surface area contributed by atoms with E-state index < -0.39 is 0 Å². The molecule has 3 aromatic rings. The van der Waals surface area contributed by atoms with Gasteiger partial charge >= 0.3 is 0 Å². The molecule has 22 heavy (non-hydrogen) atoms. The second-order valence-corrected chi connectivity index (χ2v) is 7.08. The van der Waals surface area contributed by atoms with Crippen molar-refractivity contribution in [1.82, 2.24) is 4.98 Å². The third-order valence-corrected chi connectivity index (χ3v) is 5.13. The van der Waals surface area contributed by atoms with Gasteiger partial charge in [0.15, 0.2) is 5.75 Å². The molecule has 0 bridgehead atoms. The first kappa shape index (κ1) is 16.1. The van der Waals surface area contributed by atoms with E-state index in [1.807, 2.05) is 18.2 Å². The average molecular weight is 462 g/mol. The molecule has 0 atom stereocenters. The quantitative estimate of drug-likeness (QED) is 0.436. The Morgan fingerprint density at radius 2 is 1.73 bits per heavy atom. The average Bonchev–Trinajstić information content (AvgIpc) is 2.49. The van der Waals surface area contributed by atoms with Gasteiger partial charge in [0, 0.05) is 31.7 Å². The molecule has 1 aromatic heterocycles. The van der Waals surface area contributed by atoms with Gasteiger partial charge < -0.3 is 4.74 Å². The summed E-state index contributed by atoms with van der Waals surface area (Å²) in [7, 11) is 0. The summed E-state index contributed by atoms with van der Waals surface area (Å²) in [6, 6.07) is 11.2. The van der Waals surface area contributed by atoms with Crippen molar-refractivity contribution < 1.29 is 4.74 Å². The van der Waals surface area contributed by atoms with E-state index in [0.717, 1.165) is 25.4 Å².